The summed E-state index contributed by atoms with van der Waals surface area (Å²) in [6.07, 6.45) is 0. The van der Waals surface area contributed by atoms with Crippen molar-refractivity contribution < 1.29 is 13.3 Å². The molecule has 0 bridgehead atoms. The van der Waals surface area contributed by atoms with Gasteiger partial charge in [0.25, 0.3) is 0 Å². The second kappa shape index (κ2) is 11.2. The molecule has 0 amide bonds. The van der Waals surface area contributed by atoms with Gasteiger partial charge in [0.15, 0.2) is 5.58 Å². The van der Waals surface area contributed by atoms with E-state index in [2.05, 4.69) is 144 Å². The summed E-state index contributed by atoms with van der Waals surface area (Å²) in [4.78, 5) is 2.31. The van der Waals surface area contributed by atoms with Crippen LogP contribution in [0.25, 0.3) is 88.1 Å². The molecule has 0 fully saturated rings. The van der Waals surface area contributed by atoms with Gasteiger partial charge in [-0.1, -0.05) is 121 Å². The Balaban J connectivity index is 1.12. The van der Waals surface area contributed by atoms with Crippen LogP contribution in [0.2, 0.25) is 0 Å². The molecule has 3 aromatic heterocycles. The standard InChI is InChI=1S/C48H29NO3/c1-2-11-31(12-3-1)34-15-8-16-37-38-17-9-19-41(48(38)52-47(34)37)49(40-18-10-22-44-46(40)39-14-5-7-21-43(39)50-44)33-26-23-30(24-27-33)32-25-28-36-35-13-4-6-20-42(35)51-45(36)29-32/h1-29H. The minimum Gasteiger partial charge on any atom is -0.456 e. The van der Waals surface area contributed by atoms with E-state index in [4.69, 9.17) is 13.3 Å². The smallest absolute Gasteiger partial charge is 0.159 e. The topological polar surface area (TPSA) is 42.7 Å². The monoisotopic (exact) mass is 667 g/mol. The van der Waals surface area contributed by atoms with Crippen LogP contribution in [-0.4, -0.2) is 0 Å². The number of nitrogens with zero attached hydrogens (tertiary/aromatic N) is 1. The molecule has 0 saturated carbocycles. The normalized spacial score (nSPS) is 11.8. The van der Waals surface area contributed by atoms with E-state index in [1.165, 1.54) is 0 Å². The van der Waals surface area contributed by atoms with Crippen molar-refractivity contribution in [1.82, 2.24) is 0 Å². The number of anilines is 3. The molecular weight excluding hydrogens is 639 g/mol. The number of hydrogen-bond acceptors (Lipinski definition) is 4. The molecule has 0 aliphatic carbocycles. The van der Waals surface area contributed by atoms with E-state index >= 15 is 0 Å². The number of para-hydroxylation sites is 4. The van der Waals surface area contributed by atoms with Crippen molar-refractivity contribution in [2.24, 2.45) is 0 Å². The molecular formula is C48H29NO3. The highest BCUT2D eigenvalue weighted by molar-refractivity contribution is 6.17. The fraction of sp³-hybridized carbons (Fsp3) is 0. The van der Waals surface area contributed by atoms with E-state index in [9.17, 15) is 0 Å². The lowest BCUT2D eigenvalue weighted by Crippen LogP contribution is -2.10. The summed E-state index contributed by atoms with van der Waals surface area (Å²) in [5, 5.41) is 6.52. The van der Waals surface area contributed by atoms with E-state index in [1.807, 2.05) is 36.4 Å². The minimum absolute atomic E-state index is 0.824. The van der Waals surface area contributed by atoms with Crippen LogP contribution in [0, 0.1) is 0 Å². The lowest BCUT2D eigenvalue weighted by atomic mass is 10.0. The zero-order valence-corrected chi connectivity index (χ0v) is 27.9. The Bertz CT molecular complexity index is 3130. The third-order valence-corrected chi connectivity index (χ3v) is 10.3. The van der Waals surface area contributed by atoms with Crippen molar-refractivity contribution in [3.8, 4) is 22.3 Å². The van der Waals surface area contributed by atoms with Crippen molar-refractivity contribution in [2.45, 2.75) is 0 Å². The van der Waals surface area contributed by atoms with Gasteiger partial charge in [-0.25, -0.2) is 0 Å². The lowest BCUT2D eigenvalue weighted by molar-refractivity contribution is 0.668. The first-order valence-corrected chi connectivity index (χ1v) is 17.5. The summed E-state index contributed by atoms with van der Waals surface area (Å²) < 4.78 is 19.6. The van der Waals surface area contributed by atoms with Crippen LogP contribution in [0.4, 0.5) is 17.1 Å². The first-order valence-electron chi connectivity index (χ1n) is 17.5. The van der Waals surface area contributed by atoms with Crippen molar-refractivity contribution in [1.29, 1.82) is 0 Å². The third kappa shape index (κ3) is 4.34. The van der Waals surface area contributed by atoms with Crippen molar-refractivity contribution in [3.63, 3.8) is 0 Å². The van der Waals surface area contributed by atoms with Crippen LogP contribution in [-0.2, 0) is 0 Å². The molecule has 8 aromatic carbocycles. The highest BCUT2D eigenvalue weighted by Crippen LogP contribution is 2.47. The van der Waals surface area contributed by atoms with Gasteiger partial charge < -0.3 is 18.2 Å². The molecule has 3 heterocycles. The zero-order chi connectivity index (χ0) is 34.2. The number of rotatable bonds is 5. The van der Waals surface area contributed by atoms with E-state index in [0.717, 1.165) is 105 Å². The molecule has 244 valence electrons. The Hall–Kier alpha value is -7.04. The van der Waals surface area contributed by atoms with Crippen molar-refractivity contribution >= 4 is 82.9 Å². The molecule has 0 atom stereocenters. The molecule has 0 aliphatic rings. The molecule has 0 spiro atoms. The Morgan fingerprint density at radius 3 is 1.77 bits per heavy atom. The summed E-state index contributed by atoms with van der Waals surface area (Å²) in [5.74, 6) is 0. The van der Waals surface area contributed by atoms with Gasteiger partial charge in [-0.2, -0.15) is 0 Å². The molecule has 0 aliphatic heterocycles. The molecule has 0 radical (unpaired) electrons. The van der Waals surface area contributed by atoms with Crippen LogP contribution < -0.4 is 4.90 Å². The second-order valence-corrected chi connectivity index (χ2v) is 13.2. The third-order valence-electron chi connectivity index (χ3n) is 10.3. The summed E-state index contributed by atoms with van der Waals surface area (Å²) in [6.45, 7) is 0. The first-order chi connectivity index (χ1) is 25.8. The Labute approximate surface area is 298 Å². The average molecular weight is 668 g/mol. The lowest BCUT2D eigenvalue weighted by Gasteiger charge is -2.26. The molecule has 4 heteroatoms. The molecule has 52 heavy (non-hydrogen) atoms. The van der Waals surface area contributed by atoms with Crippen molar-refractivity contribution in [3.05, 3.63) is 176 Å². The summed E-state index contributed by atoms with van der Waals surface area (Å²) in [6, 6.07) is 61.2. The Morgan fingerprint density at radius 2 is 0.923 bits per heavy atom. The second-order valence-electron chi connectivity index (χ2n) is 13.2. The number of fused-ring (bicyclic) bond motifs is 9. The van der Waals surface area contributed by atoms with Crippen LogP contribution in [0.15, 0.2) is 189 Å². The van der Waals surface area contributed by atoms with Gasteiger partial charge in [0, 0.05) is 38.2 Å². The minimum atomic E-state index is 0.824. The fourth-order valence-corrected chi connectivity index (χ4v) is 7.89. The Morgan fingerprint density at radius 1 is 0.327 bits per heavy atom. The summed E-state index contributed by atoms with van der Waals surface area (Å²) in [7, 11) is 0. The van der Waals surface area contributed by atoms with Crippen LogP contribution in [0.3, 0.4) is 0 Å². The fourth-order valence-electron chi connectivity index (χ4n) is 7.89. The molecule has 0 unspecified atom stereocenters. The SMILES string of the molecule is c1ccc(-c2cccc3c2oc2c(N(c4ccc(-c5ccc6c(c5)oc5ccccc56)cc4)c4cccc5oc6ccccc6c45)cccc23)cc1. The van der Waals surface area contributed by atoms with Gasteiger partial charge in [-0.3, -0.25) is 0 Å². The predicted molar refractivity (Wildman–Crippen MR) is 214 cm³/mol. The van der Waals surface area contributed by atoms with Gasteiger partial charge in [0.2, 0.25) is 0 Å². The first kappa shape index (κ1) is 28.8. The average Bonchev–Trinajstić information content (AvgIpc) is 3.90. The highest BCUT2D eigenvalue weighted by atomic mass is 16.3. The van der Waals surface area contributed by atoms with E-state index in [-0.39, 0.29) is 0 Å². The van der Waals surface area contributed by atoms with Crippen LogP contribution in [0.5, 0.6) is 0 Å². The quantitative estimate of drug-likeness (QED) is 0.183. The van der Waals surface area contributed by atoms with Crippen molar-refractivity contribution in [2.75, 3.05) is 4.90 Å². The van der Waals surface area contributed by atoms with E-state index in [0.29, 0.717) is 0 Å². The number of furan rings is 3. The molecule has 4 nitrogen and oxygen atoms in total. The maximum atomic E-state index is 6.96. The predicted octanol–water partition coefficient (Wildman–Crippen LogP) is 14.2. The van der Waals surface area contributed by atoms with E-state index in [1.54, 1.807) is 0 Å². The van der Waals surface area contributed by atoms with E-state index < -0.39 is 0 Å². The maximum Gasteiger partial charge on any atom is 0.159 e. The molecule has 11 aromatic rings. The largest absolute Gasteiger partial charge is 0.456 e. The van der Waals surface area contributed by atoms with Gasteiger partial charge in [-0.15, -0.1) is 0 Å². The van der Waals surface area contributed by atoms with Crippen LogP contribution >= 0.6 is 0 Å². The van der Waals surface area contributed by atoms with Crippen LogP contribution in [0.1, 0.15) is 0 Å². The zero-order valence-electron chi connectivity index (χ0n) is 27.9. The molecule has 0 N–H and O–H groups in total. The maximum absolute atomic E-state index is 6.96. The van der Waals surface area contributed by atoms with Gasteiger partial charge >= 0.3 is 0 Å². The highest BCUT2D eigenvalue weighted by Gasteiger charge is 2.24. The number of benzene rings is 8. The molecule has 0 saturated heterocycles. The van der Waals surface area contributed by atoms with Gasteiger partial charge in [0.1, 0.15) is 27.9 Å². The summed E-state index contributed by atoms with van der Waals surface area (Å²) in [5.41, 5.74) is 12.5. The van der Waals surface area contributed by atoms with Gasteiger partial charge in [-0.05, 0) is 71.3 Å². The number of hydrogen-bond donors (Lipinski definition) is 0. The van der Waals surface area contributed by atoms with Gasteiger partial charge in [0.05, 0.1) is 16.8 Å². The Kier molecular flexibility index (Phi) is 6.22. The molecule has 11 rings (SSSR count). The summed E-state index contributed by atoms with van der Waals surface area (Å²) >= 11 is 0.